The third-order valence-corrected chi connectivity index (χ3v) is 5.22. The lowest BCUT2D eigenvalue weighted by Crippen LogP contribution is -2.27. The summed E-state index contributed by atoms with van der Waals surface area (Å²) in [7, 11) is -3.87. The standard InChI is InChI=1S/C18H20N4O3S/c1-4-22(14(3)23)12-15-6-5-7-17(8-15)21-26(24,25)18-9-16(10-19)13(2)20-11-18/h5-9,11,21H,4,12H2,1-3H3. The van der Waals surface area contributed by atoms with Gasteiger partial charge in [-0.2, -0.15) is 5.26 Å². The largest absolute Gasteiger partial charge is 0.339 e. The molecule has 0 saturated heterocycles. The Kier molecular flexibility index (Phi) is 5.95. The lowest BCUT2D eigenvalue weighted by atomic mass is 10.2. The van der Waals surface area contributed by atoms with Crippen LogP contribution in [0, 0.1) is 18.3 Å². The first-order valence-electron chi connectivity index (χ1n) is 8.01. The third-order valence-electron chi connectivity index (χ3n) is 3.87. The molecule has 0 aliphatic carbocycles. The number of hydrogen-bond acceptors (Lipinski definition) is 5. The number of amides is 1. The van der Waals surface area contributed by atoms with Gasteiger partial charge in [-0.05, 0) is 37.6 Å². The van der Waals surface area contributed by atoms with Gasteiger partial charge in [0, 0.05) is 31.9 Å². The molecule has 0 atom stereocenters. The molecule has 0 bridgehead atoms. The number of nitrogens with zero attached hydrogens (tertiary/aromatic N) is 3. The van der Waals surface area contributed by atoms with Crippen molar-refractivity contribution in [2.75, 3.05) is 11.3 Å². The van der Waals surface area contributed by atoms with Crippen molar-refractivity contribution in [2.24, 2.45) is 0 Å². The fourth-order valence-electron chi connectivity index (χ4n) is 2.39. The molecule has 2 aromatic rings. The molecule has 0 unspecified atom stereocenters. The third kappa shape index (κ3) is 4.58. The summed E-state index contributed by atoms with van der Waals surface area (Å²) in [6.45, 7) is 5.97. The summed E-state index contributed by atoms with van der Waals surface area (Å²) in [6.07, 6.45) is 1.22. The van der Waals surface area contributed by atoms with Crippen LogP contribution in [0.15, 0.2) is 41.4 Å². The fourth-order valence-corrected chi connectivity index (χ4v) is 3.41. The molecule has 1 aromatic carbocycles. The highest BCUT2D eigenvalue weighted by Gasteiger charge is 2.17. The number of hydrogen-bond donors (Lipinski definition) is 1. The maximum atomic E-state index is 12.6. The predicted molar refractivity (Wildman–Crippen MR) is 97.7 cm³/mol. The van der Waals surface area contributed by atoms with E-state index >= 15 is 0 Å². The van der Waals surface area contributed by atoms with Crippen LogP contribution in [0.3, 0.4) is 0 Å². The maximum absolute atomic E-state index is 12.6. The molecule has 1 heterocycles. The van der Waals surface area contributed by atoms with E-state index in [0.717, 1.165) is 5.56 Å². The monoisotopic (exact) mass is 372 g/mol. The van der Waals surface area contributed by atoms with E-state index < -0.39 is 10.0 Å². The van der Waals surface area contributed by atoms with Crippen molar-refractivity contribution in [2.45, 2.75) is 32.2 Å². The summed E-state index contributed by atoms with van der Waals surface area (Å²) < 4.78 is 27.6. The lowest BCUT2D eigenvalue weighted by molar-refractivity contribution is -0.129. The van der Waals surface area contributed by atoms with Crippen LogP contribution in [0.4, 0.5) is 5.69 Å². The van der Waals surface area contributed by atoms with Gasteiger partial charge >= 0.3 is 0 Å². The first kappa shape index (κ1) is 19.4. The van der Waals surface area contributed by atoms with Crippen molar-refractivity contribution in [1.82, 2.24) is 9.88 Å². The van der Waals surface area contributed by atoms with Crippen LogP contribution in [-0.4, -0.2) is 30.8 Å². The maximum Gasteiger partial charge on any atom is 0.263 e. The summed E-state index contributed by atoms with van der Waals surface area (Å²) >= 11 is 0. The molecule has 1 aromatic heterocycles. The first-order valence-corrected chi connectivity index (χ1v) is 9.49. The van der Waals surface area contributed by atoms with Gasteiger partial charge in [-0.25, -0.2) is 8.42 Å². The van der Waals surface area contributed by atoms with E-state index in [4.69, 9.17) is 5.26 Å². The van der Waals surface area contributed by atoms with E-state index in [9.17, 15) is 13.2 Å². The molecule has 0 radical (unpaired) electrons. The molecule has 7 nitrogen and oxygen atoms in total. The van der Waals surface area contributed by atoms with Gasteiger partial charge < -0.3 is 4.90 Å². The highest BCUT2D eigenvalue weighted by atomic mass is 32.2. The number of aromatic nitrogens is 1. The van der Waals surface area contributed by atoms with Crippen LogP contribution in [0.1, 0.15) is 30.7 Å². The second-order valence-corrected chi connectivity index (χ2v) is 7.44. The van der Waals surface area contributed by atoms with Crippen molar-refractivity contribution in [3.8, 4) is 6.07 Å². The lowest BCUT2D eigenvalue weighted by Gasteiger charge is -2.19. The quantitative estimate of drug-likeness (QED) is 0.839. The van der Waals surface area contributed by atoms with Crippen LogP contribution in [0.5, 0.6) is 0 Å². The van der Waals surface area contributed by atoms with E-state index in [1.807, 2.05) is 19.1 Å². The van der Waals surface area contributed by atoms with Crippen LogP contribution in [0.25, 0.3) is 0 Å². The Morgan fingerprint density at radius 3 is 2.69 bits per heavy atom. The molecule has 1 amide bonds. The number of rotatable bonds is 6. The number of anilines is 1. The van der Waals surface area contributed by atoms with Crippen LogP contribution < -0.4 is 4.72 Å². The molecule has 26 heavy (non-hydrogen) atoms. The summed E-state index contributed by atoms with van der Waals surface area (Å²) in [5.74, 6) is -0.0479. The molecule has 1 N–H and O–H groups in total. The molecule has 2 rings (SSSR count). The number of benzene rings is 1. The topological polar surface area (TPSA) is 103 Å². The first-order chi connectivity index (χ1) is 12.3. The van der Waals surface area contributed by atoms with Gasteiger partial charge in [-0.1, -0.05) is 12.1 Å². The number of nitriles is 1. The zero-order valence-corrected chi connectivity index (χ0v) is 15.7. The zero-order chi connectivity index (χ0) is 19.3. The molecule has 0 aliphatic rings. The zero-order valence-electron chi connectivity index (χ0n) is 14.9. The Labute approximate surface area is 153 Å². The molecule has 0 spiro atoms. The van der Waals surface area contributed by atoms with Gasteiger partial charge in [0.15, 0.2) is 0 Å². The van der Waals surface area contributed by atoms with E-state index in [2.05, 4.69) is 9.71 Å². The van der Waals surface area contributed by atoms with Gasteiger partial charge in [0.1, 0.15) is 11.0 Å². The fraction of sp³-hybridized carbons (Fsp3) is 0.278. The normalized spacial score (nSPS) is 10.8. The number of sulfonamides is 1. The number of pyridine rings is 1. The minimum Gasteiger partial charge on any atom is -0.339 e. The molecule has 0 fully saturated rings. The smallest absolute Gasteiger partial charge is 0.263 e. The predicted octanol–water partition coefficient (Wildman–Crippen LogP) is 2.43. The Morgan fingerprint density at radius 2 is 2.08 bits per heavy atom. The van der Waals surface area contributed by atoms with Gasteiger partial charge in [-0.3, -0.25) is 14.5 Å². The van der Waals surface area contributed by atoms with Crippen molar-refractivity contribution in [3.05, 3.63) is 53.3 Å². The van der Waals surface area contributed by atoms with E-state index in [0.29, 0.717) is 24.5 Å². The molecule has 0 aliphatic heterocycles. The molecule has 0 saturated carbocycles. The summed E-state index contributed by atoms with van der Waals surface area (Å²) in [5.41, 5.74) is 1.86. The number of carbonyl (C=O) groups is 1. The van der Waals surface area contributed by atoms with Crippen molar-refractivity contribution >= 4 is 21.6 Å². The highest BCUT2D eigenvalue weighted by molar-refractivity contribution is 7.92. The SMILES string of the molecule is CCN(Cc1cccc(NS(=O)(=O)c2cnc(C)c(C#N)c2)c1)C(C)=O. The van der Waals surface area contributed by atoms with Crippen molar-refractivity contribution in [3.63, 3.8) is 0 Å². The Bertz CT molecular complexity index is 965. The summed E-state index contributed by atoms with van der Waals surface area (Å²) in [4.78, 5) is 17.1. The molecule has 136 valence electrons. The second-order valence-electron chi connectivity index (χ2n) is 5.75. The summed E-state index contributed by atoms with van der Waals surface area (Å²) in [6, 6.07) is 10.1. The van der Waals surface area contributed by atoms with Crippen LogP contribution >= 0.6 is 0 Å². The number of nitrogens with one attached hydrogen (secondary N) is 1. The minimum atomic E-state index is -3.87. The molecular formula is C18H20N4O3S. The second kappa shape index (κ2) is 7.97. The van der Waals surface area contributed by atoms with Gasteiger partial charge in [0.2, 0.25) is 5.91 Å². The van der Waals surface area contributed by atoms with Crippen LogP contribution in [-0.2, 0) is 21.4 Å². The average Bonchev–Trinajstić information content (AvgIpc) is 2.59. The van der Waals surface area contributed by atoms with Crippen molar-refractivity contribution < 1.29 is 13.2 Å². The van der Waals surface area contributed by atoms with E-state index in [1.54, 1.807) is 30.0 Å². The number of aryl methyl sites for hydroxylation is 1. The highest BCUT2D eigenvalue weighted by Crippen LogP contribution is 2.19. The Balaban J connectivity index is 2.26. The van der Waals surface area contributed by atoms with Gasteiger partial charge in [0.05, 0.1) is 11.3 Å². The molecular weight excluding hydrogens is 352 g/mol. The van der Waals surface area contributed by atoms with Gasteiger partial charge in [-0.15, -0.1) is 0 Å². The van der Waals surface area contributed by atoms with Crippen LogP contribution in [0.2, 0.25) is 0 Å². The molecule has 8 heteroatoms. The Hall–Kier alpha value is -2.92. The average molecular weight is 372 g/mol. The van der Waals surface area contributed by atoms with E-state index in [1.165, 1.54) is 19.2 Å². The number of carbonyl (C=O) groups excluding carboxylic acids is 1. The minimum absolute atomic E-state index is 0.0479. The summed E-state index contributed by atoms with van der Waals surface area (Å²) in [5, 5.41) is 9.05. The van der Waals surface area contributed by atoms with E-state index in [-0.39, 0.29) is 16.4 Å². The van der Waals surface area contributed by atoms with Crippen molar-refractivity contribution in [1.29, 1.82) is 5.26 Å². The Morgan fingerprint density at radius 1 is 1.35 bits per heavy atom. The van der Waals surface area contributed by atoms with Gasteiger partial charge in [0.25, 0.3) is 10.0 Å².